The number of ether oxygens (including phenoxy) is 1. The van der Waals surface area contributed by atoms with E-state index in [1.165, 1.54) is 77.0 Å². The smallest absolute Gasteiger partial charge is 0.305 e. The van der Waals surface area contributed by atoms with Crippen molar-refractivity contribution < 1.29 is 9.53 Å². The van der Waals surface area contributed by atoms with Crippen LogP contribution in [0.2, 0.25) is 0 Å². The molecule has 0 radical (unpaired) electrons. The van der Waals surface area contributed by atoms with Crippen molar-refractivity contribution in [3.63, 3.8) is 0 Å². The molecular weight excluding hydrogens is 316 g/mol. The van der Waals surface area contributed by atoms with Crippen LogP contribution in [-0.2, 0) is 9.53 Å². The van der Waals surface area contributed by atoms with E-state index < -0.39 is 0 Å². The average molecular weight is 357 g/mol. The van der Waals surface area contributed by atoms with Gasteiger partial charge < -0.3 is 4.74 Å². The maximum absolute atomic E-state index is 11.3. The maximum Gasteiger partial charge on any atom is 0.305 e. The molecule has 0 heterocycles. The molecule has 0 aromatic carbocycles. The zero-order chi connectivity index (χ0) is 17.7. The van der Waals surface area contributed by atoms with Crippen molar-refractivity contribution in [2.45, 2.75) is 103 Å². The van der Waals surface area contributed by atoms with Crippen LogP contribution in [0.4, 0.5) is 0 Å². The molecule has 0 N–H and O–H groups in total. The van der Waals surface area contributed by atoms with Gasteiger partial charge in [0.1, 0.15) is 6.61 Å². The van der Waals surface area contributed by atoms with E-state index in [1.807, 2.05) is 0 Å². The van der Waals surface area contributed by atoms with Gasteiger partial charge in [0.05, 0.1) is 0 Å². The first-order valence-electron chi connectivity index (χ1n) is 10.2. The van der Waals surface area contributed by atoms with Gasteiger partial charge in [-0.3, -0.25) is 4.79 Å². The van der Waals surface area contributed by atoms with E-state index in [4.69, 9.17) is 4.74 Å². The van der Waals surface area contributed by atoms with Crippen LogP contribution in [0.15, 0.2) is 12.2 Å². The van der Waals surface area contributed by atoms with E-state index in [0.29, 0.717) is 18.8 Å². The first-order chi connectivity index (χ1) is 11.8. The Morgan fingerprint density at radius 1 is 0.792 bits per heavy atom. The number of allylic oxidation sites excluding steroid dienone is 2. The van der Waals surface area contributed by atoms with Crippen molar-refractivity contribution in [1.82, 2.24) is 0 Å². The van der Waals surface area contributed by atoms with Gasteiger partial charge in [-0.05, 0) is 32.1 Å². The summed E-state index contributed by atoms with van der Waals surface area (Å²) in [7, 11) is 0. The van der Waals surface area contributed by atoms with E-state index in [1.54, 1.807) is 0 Å². The summed E-state index contributed by atoms with van der Waals surface area (Å²) in [6.07, 6.45) is 23.4. The van der Waals surface area contributed by atoms with Crippen LogP contribution in [-0.4, -0.2) is 18.3 Å². The van der Waals surface area contributed by atoms with E-state index >= 15 is 0 Å². The van der Waals surface area contributed by atoms with Crippen LogP contribution in [0, 0.1) is 0 Å². The van der Waals surface area contributed by atoms with Crippen LogP contribution >= 0.6 is 12.6 Å². The molecule has 0 aliphatic carbocycles. The van der Waals surface area contributed by atoms with E-state index in [2.05, 4.69) is 31.7 Å². The third-order valence-electron chi connectivity index (χ3n) is 4.25. The van der Waals surface area contributed by atoms with Gasteiger partial charge in [0.15, 0.2) is 0 Å². The zero-order valence-electron chi connectivity index (χ0n) is 15.9. The SMILES string of the molecule is CCCCCCCCCC/C=C/CCCCCCC(=O)OCCS. The van der Waals surface area contributed by atoms with Crippen molar-refractivity contribution >= 4 is 18.6 Å². The standard InChI is InChI=1S/C21H40O2S/c1-2-3-4-5-6-7-8-9-10-11-12-13-14-15-16-17-18-21(22)23-19-20-24/h11-12,24H,2-10,13-20H2,1H3/b12-11+. The van der Waals surface area contributed by atoms with E-state index in [-0.39, 0.29) is 5.97 Å². The number of rotatable bonds is 18. The zero-order valence-corrected chi connectivity index (χ0v) is 16.8. The third kappa shape index (κ3) is 19.6. The van der Waals surface area contributed by atoms with E-state index in [0.717, 1.165) is 12.8 Å². The maximum atomic E-state index is 11.3. The topological polar surface area (TPSA) is 26.3 Å². The Morgan fingerprint density at radius 3 is 1.83 bits per heavy atom. The fraction of sp³-hybridized carbons (Fsp3) is 0.857. The molecule has 0 atom stereocenters. The monoisotopic (exact) mass is 356 g/mol. The van der Waals surface area contributed by atoms with Gasteiger partial charge in [-0.25, -0.2) is 0 Å². The molecule has 24 heavy (non-hydrogen) atoms. The summed E-state index contributed by atoms with van der Waals surface area (Å²) in [5.74, 6) is 0.533. The van der Waals surface area contributed by atoms with Crippen LogP contribution in [0.5, 0.6) is 0 Å². The second-order valence-electron chi connectivity index (χ2n) is 6.63. The van der Waals surface area contributed by atoms with Gasteiger partial charge in [0, 0.05) is 12.2 Å². The van der Waals surface area contributed by atoms with E-state index in [9.17, 15) is 4.79 Å². The number of hydrogen-bond donors (Lipinski definition) is 1. The molecule has 0 saturated heterocycles. The van der Waals surface area contributed by atoms with Gasteiger partial charge in [-0.1, -0.05) is 76.9 Å². The first kappa shape index (κ1) is 23.6. The van der Waals surface area contributed by atoms with Gasteiger partial charge in [-0.2, -0.15) is 12.6 Å². The molecule has 0 amide bonds. The van der Waals surface area contributed by atoms with Crippen molar-refractivity contribution in [2.24, 2.45) is 0 Å². The lowest BCUT2D eigenvalue weighted by atomic mass is 10.1. The number of unbranched alkanes of at least 4 members (excludes halogenated alkanes) is 12. The highest BCUT2D eigenvalue weighted by Crippen LogP contribution is 2.10. The molecule has 3 heteroatoms. The molecule has 0 bridgehead atoms. The molecule has 2 nitrogen and oxygen atoms in total. The normalized spacial score (nSPS) is 11.2. The molecule has 0 aliphatic heterocycles. The van der Waals surface area contributed by atoms with Crippen LogP contribution in [0.3, 0.4) is 0 Å². The molecule has 0 rings (SSSR count). The molecule has 0 aromatic heterocycles. The molecule has 0 aromatic rings. The molecule has 0 aliphatic rings. The Hall–Kier alpha value is -0.440. The predicted molar refractivity (Wildman–Crippen MR) is 109 cm³/mol. The number of hydrogen-bond acceptors (Lipinski definition) is 3. The van der Waals surface area contributed by atoms with Gasteiger partial charge >= 0.3 is 5.97 Å². The van der Waals surface area contributed by atoms with Gasteiger partial charge in [0.2, 0.25) is 0 Å². The fourth-order valence-corrected chi connectivity index (χ4v) is 2.84. The highest BCUT2D eigenvalue weighted by atomic mass is 32.1. The predicted octanol–water partition coefficient (Wildman–Crippen LogP) is 6.89. The average Bonchev–Trinajstić information content (AvgIpc) is 2.59. The van der Waals surface area contributed by atoms with Crippen molar-refractivity contribution in [3.05, 3.63) is 12.2 Å². The Kier molecular flexibility index (Phi) is 20.2. The number of carbonyl (C=O) groups excluding carboxylic acids is 1. The van der Waals surface area contributed by atoms with Crippen molar-refractivity contribution in [1.29, 1.82) is 0 Å². The minimum absolute atomic E-state index is 0.0747. The second kappa shape index (κ2) is 20.6. The molecule has 0 spiro atoms. The molecular formula is C21H40O2S. The molecule has 0 fully saturated rings. The molecule has 142 valence electrons. The summed E-state index contributed by atoms with van der Waals surface area (Å²) in [5, 5.41) is 0. The number of carbonyl (C=O) groups is 1. The van der Waals surface area contributed by atoms with Crippen LogP contribution < -0.4 is 0 Å². The summed E-state index contributed by atoms with van der Waals surface area (Å²) in [6, 6.07) is 0. The van der Waals surface area contributed by atoms with Crippen molar-refractivity contribution in [3.8, 4) is 0 Å². The minimum atomic E-state index is -0.0747. The van der Waals surface area contributed by atoms with Crippen LogP contribution in [0.1, 0.15) is 103 Å². The Bertz CT molecular complexity index is 290. The van der Waals surface area contributed by atoms with Crippen LogP contribution in [0.25, 0.3) is 0 Å². The summed E-state index contributed by atoms with van der Waals surface area (Å²) in [6.45, 7) is 2.71. The largest absolute Gasteiger partial charge is 0.465 e. The molecule has 0 saturated carbocycles. The van der Waals surface area contributed by atoms with Gasteiger partial charge in [0.25, 0.3) is 0 Å². The quantitative estimate of drug-likeness (QED) is 0.125. The Labute approximate surface area is 156 Å². The van der Waals surface area contributed by atoms with Crippen molar-refractivity contribution in [2.75, 3.05) is 12.4 Å². The van der Waals surface area contributed by atoms with Gasteiger partial charge in [-0.15, -0.1) is 0 Å². The lowest BCUT2D eigenvalue weighted by molar-refractivity contribution is -0.143. The fourth-order valence-electron chi connectivity index (χ4n) is 2.75. The second-order valence-corrected chi connectivity index (χ2v) is 7.08. The lowest BCUT2D eigenvalue weighted by Crippen LogP contribution is -2.06. The Morgan fingerprint density at radius 2 is 1.29 bits per heavy atom. The Balaban J connectivity index is 3.15. The molecule has 0 unspecified atom stereocenters. The number of thiol groups is 1. The lowest BCUT2D eigenvalue weighted by Gasteiger charge is -2.02. The highest BCUT2D eigenvalue weighted by Gasteiger charge is 2.01. The summed E-state index contributed by atoms with van der Waals surface area (Å²) in [5.41, 5.74) is 0. The summed E-state index contributed by atoms with van der Waals surface area (Å²) >= 11 is 4.02. The summed E-state index contributed by atoms with van der Waals surface area (Å²) in [4.78, 5) is 11.3. The minimum Gasteiger partial charge on any atom is -0.465 e. The third-order valence-corrected chi connectivity index (χ3v) is 4.43. The summed E-state index contributed by atoms with van der Waals surface area (Å²) < 4.78 is 4.99. The highest BCUT2D eigenvalue weighted by molar-refractivity contribution is 7.80. The first-order valence-corrected chi connectivity index (χ1v) is 10.9. The number of esters is 1.